The van der Waals surface area contributed by atoms with Gasteiger partial charge >= 0.3 is 5.97 Å². The molecule has 0 radical (unpaired) electrons. The van der Waals surface area contributed by atoms with E-state index in [2.05, 4.69) is 21.1 Å². The van der Waals surface area contributed by atoms with Gasteiger partial charge in [0.25, 0.3) is 0 Å². The minimum Gasteiger partial charge on any atom is -0.481 e. The average molecular weight is 479 g/mol. The highest BCUT2D eigenvalue weighted by atomic mass is 16.4. The van der Waals surface area contributed by atoms with Crippen molar-refractivity contribution in [1.29, 1.82) is 0 Å². The number of carboxylic acid groups (broad SMARTS) is 1. The van der Waals surface area contributed by atoms with Crippen LogP contribution in [-0.2, 0) is 4.79 Å². The molecular weight excluding hydrogens is 452 g/mol. The molecule has 0 bridgehead atoms. The van der Waals surface area contributed by atoms with Crippen LogP contribution < -0.4 is 5.73 Å². The first-order valence-corrected chi connectivity index (χ1v) is 12.2. The van der Waals surface area contributed by atoms with Crippen LogP contribution in [0, 0.1) is 5.92 Å². The van der Waals surface area contributed by atoms with Crippen LogP contribution in [-0.4, -0.2) is 35.6 Å². The summed E-state index contributed by atoms with van der Waals surface area (Å²) < 4.78 is 1.71. The lowest BCUT2D eigenvalue weighted by Crippen LogP contribution is -2.19. The second-order valence-corrected chi connectivity index (χ2v) is 9.52. The number of hydrogen-bond donors (Lipinski definition) is 2. The number of rotatable bonds is 5. The van der Waals surface area contributed by atoms with E-state index in [4.69, 9.17) is 10.7 Å². The molecule has 36 heavy (non-hydrogen) atoms. The maximum absolute atomic E-state index is 11.2. The number of hydrogen-bond acceptors (Lipinski definition) is 6. The van der Waals surface area contributed by atoms with Crippen molar-refractivity contribution in [2.45, 2.75) is 38.0 Å². The van der Waals surface area contributed by atoms with E-state index in [0.29, 0.717) is 11.5 Å². The second kappa shape index (κ2) is 9.03. The molecule has 4 heterocycles. The molecule has 1 saturated carbocycles. The number of fused-ring (bicyclic) bond motifs is 2. The van der Waals surface area contributed by atoms with Gasteiger partial charge in [0.15, 0.2) is 5.65 Å². The third kappa shape index (κ3) is 3.94. The van der Waals surface area contributed by atoms with Crippen LogP contribution in [0.2, 0.25) is 0 Å². The van der Waals surface area contributed by atoms with Crippen molar-refractivity contribution in [2.75, 3.05) is 5.73 Å². The summed E-state index contributed by atoms with van der Waals surface area (Å²) in [6, 6.07) is 14.0. The van der Waals surface area contributed by atoms with Gasteiger partial charge in [-0.05, 0) is 61.4 Å². The van der Waals surface area contributed by atoms with Gasteiger partial charge in [-0.1, -0.05) is 18.2 Å². The Kier molecular flexibility index (Phi) is 5.56. The van der Waals surface area contributed by atoms with Gasteiger partial charge in [0, 0.05) is 53.0 Å². The minimum absolute atomic E-state index is 0.183. The van der Waals surface area contributed by atoms with Crippen molar-refractivity contribution < 1.29 is 9.90 Å². The van der Waals surface area contributed by atoms with Gasteiger partial charge in [-0.2, -0.15) is 9.61 Å². The molecule has 1 aromatic carbocycles. The normalized spacial score (nSPS) is 18.0. The highest BCUT2D eigenvalue weighted by Crippen LogP contribution is 2.43. The van der Waals surface area contributed by atoms with E-state index in [0.717, 1.165) is 64.5 Å². The number of benzene rings is 1. The number of aliphatic carboxylic acids is 1. The fourth-order valence-corrected chi connectivity index (χ4v) is 5.45. The zero-order valence-electron chi connectivity index (χ0n) is 19.7. The van der Waals surface area contributed by atoms with Crippen molar-refractivity contribution in [2.24, 2.45) is 5.92 Å². The molecule has 180 valence electrons. The molecule has 1 aliphatic carbocycles. The number of nitrogens with zero attached hydrogens (tertiary/aromatic N) is 5. The molecule has 1 fully saturated rings. The third-order valence-electron chi connectivity index (χ3n) is 7.28. The van der Waals surface area contributed by atoms with E-state index in [1.807, 2.05) is 42.6 Å². The van der Waals surface area contributed by atoms with Gasteiger partial charge in [-0.15, -0.1) is 0 Å². The minimum atomic E-state index is -0.729. The Balaban J connectivity index is 1.49. The van der Waals surface area contributed by atoms with Crippen LogP contribution in [0.3, 0.4) is 0 Å². The molecule has 5 aromatic rings. The maximum atomic E-state index is 11.2. The summed E-state index contributed by atoms with van der Waals surface area (Å²) >= 11 is 0. The predicted octanol–water partition coefficient (Wildman–Crippen LogP) is 5.34. The van der Waals surface area contributed by atoms with Crippen LogP contribution in [0.1, 0.15) is 43.7 Å². The van der Waals surface area contributed by atoms with E-state index in [-0.39, 0.29) is 18.3 Å². The van der Waals surface area contributed by atoms with Gasteiger partial charge < -0.3 is 10.8 Å². The molecule has 0 unspecified atom stereocenters. The van der Waals surface area contributed by atoms with Gasteiger partial charge in [-0.25, -0.2) is 4.98 Å². The highest BCUT2D eigenvalue weighted by Gasteiger charge is 2.29. The summed E-state index contributed by atoms with van der Waals surface area (Å²) in [7, 11) is 0. The topological polar surface area (TPSA) is 119 Å². The molecule has 1 aliphatic rings. The summed E-state index contributed by atoms with van der Waals surface area (Å²) in [6.45, 7) is 0. The molecule has 0 amide bonds. The molecule has 8 heteroatoms. The zero-order chi connectivity index (χ0) is 24.6. The van der Waals surface area contributed by atoms with E-state index >= 15 is 0 Å². The number of nitrogen functional groups attached to an aromatic ring is 1. The van der Waals surface area contributed by atoms with Crippen LogP contribution in [0.5, 0.6) is 0 Å². The number of carbonyl (C=O) groups is 1. The summed E-state index contributed by atoms with van der Waals surface area (Å²) in [5.74, 6) is 0.197. The maximum Gasteiger partial charge on any atom is 0.303 e. The summed E-state index contributed by atoms with van der Waals surface area (Å²) in [6.07, 6.45) is 10.8. The number of carboxylic acids is 1. The Morgan fingerprint density at radius 1 is 1.03 bits per heavy atom. The fraction of sp³-hybridized carbons (Fsp3) is 0.250. The van der Waals surface area contributed by atoms with E-state index in [1.54, 1.807) is 23.1 Å². The molecular formula is C28H26N6O2. The summed E-state index contributed by atoms with van der Waals surface area (Å²) in [4.78, 5) is 25.2. The fourth-order valence-electron chi connectivity index (χ4n) is 5.45. The van der Waals surface area contributed by atoms with Gasteiger partial charge in [0.05, 0.1) is 17.4 Å². The van der Waals surface area contributed by atoms with Crippen molar-refractivity contribution in [3.05, 3.63) is 72.9 Å². The Morgan fingerprint density at radius 2 is 1.81 bits per heavy atom. The molecule has 6 rings (SSSR count). The average Bonchev–Trinajstić information content (AvgIpc) is 3.33. The van der Waals surface area contributed by atoms with Gasteiger partial charge in [-0.3, -0.25) is 14.8 Å². The second-order valence-electron chi connectivity index (χ2n) is 9.52. The third-order valence-corrected chi connectivity index (χ3v) is 7.28. The predicted molar refractivity (Wildman–Crippen MR) is 138 cm³/mol. The highest BCUT2D eigenvalue weighted by molar-refractivity contribution is 5.88. The first kappa shape index (κ1) is 22.2. The van der Waals surface area contributed by atoms with Crippen molar-refractivity contribution in [1.82, 2.24) is 24.6 Å². The van der Waals surface area contributed by atoms with Crippen LogP contribution in [0.25, 0.3) is 38.8 Å². The first-order valence-electron chi connectivity index (χ1n) is 12.2. The number of para-hydroxylation sites is 1. The molecule has 0 atom stereocenters. The molecule has 8 nitrogen and oxygen atoms in total. The van der Waals surface area contributed by atoms with Crippen LogP contribution in [0.4, 0.5) is 5.82 Å². The molecule has 3 N–H and O–H groups in total. The molecule has 4 aromatic heterocycles. The SMILES string of the molecule is Nc1c(-c2ccncc2)c(C2CCC(CC(=O)O)CC2)nc2c(-c3cnc4ccccc4c3)cnn12. The van der Waals surface area contributed by atoms with E-state index < -0.39 is 5.97 Å². The molecule has 0 saturated heterocycles. The van der Waals surface area contributed by atoms with E-state index in [9.17, 15) is 9.90 Å². The lowest BCUT2D eigenvalue weighted by atomic mass is 9.77. The largest absolute Gasteiger partial charge is 0.481 e. The van der Waals surface area contributed by atoms with E-state index in [1.165, 1.54) is 0 Å². The molecule has 0 aliphatic heterocycles. The number of aromatic nitrogens is 5. The van der Waals surface area contributed by atoms with Crippen molar-refractivity contribution >= 4 is 28.3 Å². The quantitative estimate of drug-likeness (QED) is 0.350. The van der Waals surface area contributed by atoms with Crippen molar-refractivity contribution in [3.8, 4) is 22.3 Å². The van der Waals surface area contributed by atoms with Crippen molar-refractivity contribution in [3.63, 3.8) is 0 Å². The Labute approximate surface area is 207 Å². The summed E-state index contributed by atoms with van der Waals surface area (Å²) in [5, 5.41) is 14.9. The Morgan fingerprint density at radius 3 is 2.58 bits per heavy atom. The standard InChI is InChI=1S/C28H26N6O2/c29-27-25(18-9-11-30-12-10-18)26(19-7-5-17(6-8-19)13-24(35)36)33-28-22(16-32-34(27)28)21-14-20-3-1-2-4-23(20)31-15-21/h1-4,9-12,14-17,19H,5-8,13,29H2,(H,35,36). The monoisotopic (exact) mass is 478 g/mol. The smallest absolute Gasteiger partial charge is 0.303 e. The lowest BCUT2D eigenvalue weighted by molar-refractivity contribution is -0.138. The molecule has 0 spiro atoms. The van der Waals surface area contributed by atoms with Gasteiger partial charge in [0.2, 0.25) is 0 Å². The number of nitrogens with two attached hydrogens (primary N) is 1. The summed E-state index contributed by atoms with van der Waals surface area (Å²) in [5.41, 5.74) is 13.0. The number of anilines is 1. The zero-order valence-corrected chi connectivity index (χ0v) is 19.7. The Hall–Kier alpha value is -4.33. The lowest BCUT2D eigenvalue weighted by Gasteiger charge is -2.29. The van der Waals surface area contributed by atoms with Crippen LogP contribution >= 0.6 is 0 Å². The Bertz CT molecular complexity index is 1570. The van der Waals surface area contributed by atoms with Crippen LogP contribution in [0.15, 0.2) is 67.3 Å². The first-order chi connectivity index (χ1) is 17.6. The van der Waals surface area contributed by atoms with Gasteiger partial charge in [0.1, 0.15) is 5.82 Å². The number of pyridine rings is 2.